The number of nitrogens with zero attached hydrogens (tertiary/aromatic N) is 2. The fraction of sp³-hybridized carbons (Fsp3) is 0.489. The molecule has 0 bridgehead atoms. The Morgan fingerprint density at radius 1 is 1.02 bits per heavy atom. The van der Waals surface area contributed by atoms with E-state index < -0.39 is 74.3 Å². The molecule has 4 aromatic rings. The average Bonchev–Trinajstić information content (AvgIpc) is 4.11. The maximum atomic E-state index is 14.8. The molecule has 2 aliphatic carbocycles. The Bertz CT molecular complexity index is 2510. The number of sulfonamides is 1. The number of benzene rings is 2. The van der Waals surface area contributed by atoms with Crippen molar-refractivity contribution < 1.29 is 46.2 Å². The lowest BCUT2D eigenvalue weighted by atomic mass is 10.0. The van der Waals surface area contributed by atoms with Crippen molar-refractivity contribution in [1.29, 1.82) is 0 Å². The first-order valence-electron chi connectivity index (χ1n) is 21.0. The molecule has 16 heteroatoms. The summed E-state index contributed by atoms with van der Waals surface area (Å²) in [6, 6.07) is 12.9. The highest BCUT2D eigenvalue weighted by molar-refractivity contribution is 7.91. The largest absolute Gasteiger partial charge is 0.497 e. The van der Waals surface area contributed by atoms with Gasteiger partial charge in [-0.2, -0.15) is 0 Å². The predicted octanol–water partition coefficient (Wildman–Crippen LogP) is 6.21. The zero-order chi connectivity index (χ0) is 43.3. The van der Waals surface area contributed by atoms with Crippen molar-refractivity contribution in [2.75, 3.05) is 13.7 Å². The lowest BCUT2D eigenvalue weighted by molar-refractivity contribution is -0.141. The molecule has 4 amide bonds. The third-order valence-corrected chi connectivity index (χ3v) is 13.6. The highest BCUT2D eigenvalue weighted by Gasteiger charge is 2.62. The molecule has 1 saturated heterocycles. The first-order chi connectivity index (χ1) is 29.0. The van der Waals surface area contributed by atoms with E-state index in [0.717, 1.165) is 24.0 Å². The van der Waals surface area contributed by atoms with Gasteiger partial charge in [-0.05, 0) is 84.4 Å². The van der Waals surface area contributed by atoms with Crippen LogP contribution >= 0.6 is 0 Å². The highest BCUT2D eigenvalue weighted by atomic mass is 32.2. The minimum atomic E-state index is -3.92. The molecule has 3 N–H and O–H groups in total. The summed E-state index contributed by atoms with van der Waals surface area (Å²) in [6.45, 7) is 7.13. The summed E-state index contributed by atoms with van der Waals surface area (Å²) in [5.41, 5.74) is 1.61. The normalized spacial score (nSPS) is 25.4. The molecule has 4 aliphatic rings. The molecule has 8 rings (SSSR count). The number of rotatable bonds is 8. The highest BCUT2D eigenvalue weighted by Crippen LogP contribution is 2.46. The Balaban J connectivity index is 1.16. The number of aryl methyl sites for hydroxylation is 1. The number of carbonyl (C=O) groups excluding carboxylic acids is 4. The van der Waals surface area contributed by atoms with Crippen LogP contribution in [0.2, 0.25) is 0 Å². The number of amides is 4. The fourth-order valence-corrected chi connectivity index (χ4v) is 9.61. The molecule has 4 heterocycles. The summed E-state index contributed by atoms with van der Waals surface area (Å²) in [6.07, 6.45) is 6.50. The number of hydrogen-bond donors (Lipinski definition) is 3. The molecule has 61 heavy (non-hydrogen) atoms. The number of fused-ring (bicyclic) bond motifs is 5. The van der Waals surface area contributed by atoms with Gasteiger partial charge in [0.1, 0.15) is 46.2 Å². The van der Waals surface area contributed by atoms with E-state index in [1.54, 1.807) is 46.1 Å². The molecule has 324 valence electrons. The van der Waals surface area contributed by atoms with Crippen molar-refractivity contribution in [3.8, 4) is 22.8 Å². The van der Waals surface area contributed by atoms with E-state index in [1.807, 2.05) is 49.4 Å². The quantitative estimate of drug-likeness (QED) is 0.171. The van der Waals surface area contributed by atoms with E-state index in [-0.39, 0.29) is 19.4 Å². The van der Waals surface area contributed by atoms with Crippen LogP contribution in [0.1, 0.15) is 84.1 Å². The van der Waals surface area contributed by atoms with Crippen LogP contribution in [0.5, 0.6) is 11.5 Å². The summed E-state index contributed by atoms with van der Waals surface area (Å²) < 4.78 is 52.3. The van der Waals surface area contributed by atoms with Crippen LogP contribution in [-0.2, 0) is 29.1 Å². The smallest absolute Gasteiger partial charge is 0.408 e. The molecule has 2 aliphatic heterocycles. The number of ether oxygens (including phenoxy) is 3. The second kappa shape index (κ2) is 16.3. The van der Waals surface area contributed by atoms with Crippen molar-refractivity contribution in [3.05, 3.63) is 66.2 Å². The molecule has 5 atom stereocenters. The summed E-state index contributed by atoms with van der Waals surface area (Å²) in [4.78, 5) is 62.8. The van der Waals surface area contributed by atoms with Gasteiger partial charge in [-0.25, -0.2) is 18.2 Å². The van der Waals surface area contributed by atoms with E-state index in [9.17, 15) is 27.6 Å². The Morgan fingerprint density at radius 3 is 2.51 bits per heavy atom. The van der Waals surface area contributed by atoms with Gasteiger partial charge >= 0.3 is 6.09 Å². The van der Waals surface area contributed by atoms with Crippen molar-refractivity contribution in [1.82, 2.24) is 25.2 Å². The zero-order valence-corrected chi connectivity index (χ0v) is 35.9. The number of methoxy groups -OCH3 is 1. The van der Waals surface area contributed by atoms with Crippen LogP contribution in [-0.4, -0.2) is 90.3 Å². The molecule has 0 unspecified atom stereocenters. The average molecular weight is 856 g/mol. The zero-order valence-electron chi connectivity index (χ0n) is 35.1. The Kier molecular flexibility index (Phi) is 11.3. The monoisotopic (exact) mass is 855 g/mol. The van der Waals surface area contributed by atoms with E-state index in [0.29, 0.717) is 71.4 Å². The number of aromatic nitrogens is 1. The van der Waals surface area contributed by atoms with Crippen LogP contribution in [0, 0.1) is 12.8 Å². The second-order valence-corrected chi connectivity index (χ2v) is 19.7. The summed E-state index contributed by atoms with van der Waals surface area (Å²) >= 11 is 0. The summed E-state index contributed by atoms with van der Waals surface area (Å²) in [5, 5.41) is 5.74. The Labute approximate surface area is 355 Å². The topological polar surface area (TPSA) is 195 Å². The standard InChI is InChI=1S/C45H53N5O10S/c1-26-13-15-27(16-14-26)34-23-37(39-38(46-34)32-21-29(57-5)17-20-36(32)59-39)58-30-22-35-40(51)48-45(42(53)49-61(55,56)31-18-19-31)24-28(45)11-9-7-6-8-10-12-33(41(52)50(35)25-30)47-43(54)60-44(2,3)4/h9,11,13-17,20-21,23,28,30-31,33,35H,6-8,10,12,18-19,22,24-25H2,1-5H3,(H,47,54)(H,48,51)(H,49,53)/b11-9-/t28-,30+,33-,35-,45+/m0/s1. The molecule has 0 spiro atoms. The molecular weight excluding hydrogens is 803 g/mol. The molecule has 2 aromatic heterocycles. The van der Waals surface area contributed by atoms with E-state index >= 15 is 0 Å². The van der Waals surface area contributed by atoms with Crippen molar-refractivity contribution in [2.24, 2.45) is 5.92 Å². The first kappa shape index (κ1) is 42.1. The van der Waals surface area contributed by atoms with Crippen molar-refractivity contribution in [2.45, 2.75) is 120 Å². The predicted molar refractivity (Wildman–Crippen MR) is 227 cm³/mol. The molecule has 2 saturated carbocycles. The lowest BCUT2D eigenvalue weighted by Gasteiger charge is -2.30. The number of allylic oxidation sites excluding steroid dienone is 1. The minimum absolute atomic E-state index is 0.00699. The number of furan rings is 1. The Morgan fingerprint density at radius 2 is 1.79 bits per heavy atom. The second-order valence-electron chi connectivity index (χ2n) is 17.7. The van der Waals surface area contributed by atoms with Gasteiger partial charge < -0.3 is 34.2 Å². The molecule has 15 nitrogen and oxygen atoms in total. The molecule has 0 radical (unpaired) electrons. The van der Waals surface area contributed by atoms with E-state index in [4.69, 9.17) is 23.6 Å². The number of carbonyl (C=O) groups is 4. The van der Waals surface area contributed by atoms with Gasteiger partial charge in [0.2, 0.25) is 21.8 Å². The van der Waals surface area contributed by atoms with Crippen LogP contribution in [0.25, 0.3) is 33.3 Å². The number of alkyl carbamates (subject to hydrolysis) is 1. The minimum Gasteiger partial charge on any atom is -0.497 e. The van der Waals surface area contributed by atoms with Gasteiger partial charge in [-0.15, -0.1) is 0 Å². The van der Waals surface area contributed by atoms with Gasteiger partial charge in [-0.1, -0.05) is 54.8 Å². The maximum Gasteiger partial charge on any atom is 0.408 e. The fourth-order valence-electron chi connectivity index (χ4n) is 8.25. The van der Waals surface area contributed by atoms with E-state index in [1.165, 1.54) is 4.90 Å². The number of nitrogens with one attached hydrogen (secondary N) is 3. The van der Waals surface area contributed by atoms with Crippen molar-refractivity contribution in [3.63, 3.8) is 0 Å². The summed E-state index contributed by atoms with van der Waals surface area (Å²) in [5.74, 6) is -1.45. The molecule has 2 aromatic carbocycles. The van der Waals surface area contributed by atoms with Crippen molar-refractivity contribution >= 4 is 55.9 Å². The summed E-state index contributed by atoms with van der Waals surface area (Å²) in [7, 11) is -2.34. The SMILES string of the molecule is COc1ccc2oc3c(O[C@@H]4C[C@H]5C(=O)N[C@]6(C(=O)NS(=O)(=O)C7CC7)C[C@@H]6/C=C\CCCCC[C@H](NC(=O)OC(C)(C)C)C(=O)N5C4)cc(-c4ccc(C)cc4)nc3c2c1. The van der Waals surface area contributed by atoms with Crippen LogP contribution < -0.4 is 24.8 Å². The molecule has 3 fully saturated rings. The van der Waals surface area contributed by atoms with Gasteiger partial charge in [-0.3, -0.25) is 19.1 Å². The first-order valence-corrected chi connectivity index (χ1v) is 22.6. The third kappa shape index (κ3) is 9.05. The number of hydrogen-bond acceptors (Lipinski definition) is 11. The van der Waals surface area contributed by atoms with Gasteiger partial charge in [0.15, 0.2) is 11.3 Å². The Hall–Kier alpha value is -5.64. The van der Waals surface area contributed by atoms with Gasteiger partial charge in [0.05, 0.1) is 30.0 Å². The maximum absolute atomic E-state index is 14.8. The van der Waals surface area contributed by atoms with Crippen LogP contribution in [0.4, 0.5) is 4.79 Å². The van der Waals surface area contributed by atoms with Crippen LogP contribution in [0.3, 0.4) is 0 Å². The molecular formula is C45H53N5O10S. The number of pyridine rings is 1. The van der Waals surface area contributed by atoms with Crippen LogP contribution in [0.15, 0.2) is 65.1 Å². The third-order valence-electron chi connectivity index (χ3n) is 11.8. The van der Waals surface area contributed by atoms with Gasteiger partial charge in [0.25, 0.3) is 5.91 Å². The lowest BCUT2D eigenvalue weighted by Crippen LogP contribution is -2.58. The van der Waals surface area contributed by atoms with E-state index in [2.05, 4.69) is 15.4 Å². The van der Waals surface area contributed by atoms with Gasteiger partial charge in [0, 0.05) is 24.0 Å².